The van der Waals surface area contributed by atoms with Crippen LogP contribution in [0.5, 0.6) is 0 Å². The van der Waals surface area contributed by atoms with E-state index in [-0.39, 0.29) is 5.91 Å². The average Bonchev–Trinajstić information content (AvgIpc) is 3.41. The number of carbonyl (C=O) groups is 1. The van der Waals surface area contributed by atoms with Gasteiger partial charge in [-0.2, -0.15) is 11.3 Å². The fraction of sp³-hybridized carbons (Fsp3) is 0.318. The molecule has 0 atom stereocenters. The highest BCUT2D eigenvalue weighted by Crippen LogP contribution is 2.35. The van der Waals surface area contributed by atoms with Crippen LogP contribution in [0.1, 0.15) is 23.3 Å². The molecule has 3 aromatic rings. The van der Waals surface area contributed by atoms with Crippen LogP contribution in [0.15, 0.2) is 59.3 Å². The van der Waals surface area contributed by atoms with Crippen molar-refractivity contribution in [2.45, 2.75) is 24.7 Å². The Morgan fingerprint density at radius 1 is 1.07 bits per heavy atom. The summed E-state index contributed by atoms with van der Waals surface area (Å²) in [5, 5.41) is 7.47. The number of amides is 1. The molecule has 0 bridgehead atoms. The third-order valence-corrected chi connectivity index (χ3v) is 7.11. The normalized spacial score (nSPS) is 16.1. The fourth-order valence-electron chi connectivity index (χ4n) is 3.66. The van der Waals surface area contributed by atoms with Gasteiger partial charge in [-0.05, 0) is 53.8 Å². The van der Waals surface area contributed by atoms with E-state index < -0.39 is 5.41 Å². The van der Waals surface area contributed by atoms with Gasteiger partial charge < -0.3 is 10.1 Å². The van der Waals surface area contributed by atoms with Crippen LogP contribution in [-0.4, -0.2) is 25.7 Å². The van der Waals surface area contributed by atoms with Crippen molar-refractivity contribution in [3.05, 3.63) is 69.7 Å². The Hall–Kier alpha value is -1.95. The Bertz CT molecular complexity index is 865. The molecule has 4 rings (SSSR count). The third-order valence-electron chi connectivity index (χ3n) is 5.23. The van der Waals surface area contributed by atoms with E-state index in [1.165, 1.54) is 15.3 Å². The van der Waals surface area contributed by atoms with Crippen molar-refractivity contribution in [2.24, 2.45) is 0 Å². The SMILES string of the molecule is O=C(NCCc1ccc(-c2ccsc2)s1)C1(c2ccccc2)CCOCC1. The number of benzene rings is 1. The summed E-state index contributed by atoms with van der Waals surface area (Å²) in [7, 11) is 0. The molecular weight excluding hydrogens is 374 g/mol. The number of hydrogen-bond donors (Lipinski definition) is 1. The quantitative estimate of drug-likeness (QED) is 0.643. The minimum atomic E-state index is -0.462. The van der Waals surface area contributed by atoms with Crippen molar-refractivity contribution < 1.29 is 9.53 Å². The van der Waals surface area contributed by atoms with Gasteiger partial charge in [0.25, 0.3) is 0 Å². The summed E-state index contributed by atoms with van der Waals surface area (Å²) in [6, 6.07) is 16.6. The van der Waals surface area contributed by atoms with E-state index in [9.17, 15) is 4.79 Å². The van der Waals surface area contributed by atoms with Gasteiger partial charge in [0, 0.05) is 35.1 Å². The van der Waals surface area contributed by atoms with Gasteiger partial charge in [-0.3, -0.25) is 4.79 Å². The van der Waals surface area contributed by atoms with Crippen LogP contribution in [0.3, 0.4) is 0 Å². The van der Waals surface area contributed by atoms with Crippen LogP contribution in [0.2, 0.25) is 0 Å². The third kappa shape index (κ3) is 4.00. The van der Waals surface area contributed by atoms with E-state index >= 15 is 0 Å². The zero-order valence-corrected chi connectivity index (χ0v) is 16.8. The summed E-state index contributed by atoms with van der Waals surface area (Å²) in [6.07, 6.45) is 2.34. The lowest BCUT2D eigenvalue weighted by molar-refractivity contribution is -0.130. The summed E-state index contributed by atoms with van der Waals surface area (Å²) in [6.45, 7) is 1.94. The molecule has 2 aromatic heterocycles. The number of thiophene rings is 2. The van der Waals surface area contributed by atoms with Crippen LogP contribution < -0.4 is 5.32 Å². The number of carbonyl (C=O) groups excluding carboxylic acids is 1. The zero-order chi connectivity index (χ0) is 18.5. The van der Waals surface area contributed by atoms with Crippen LogP contribution in [0, 0.1) is 0 Å². The molecule has 0 spiro atoms. The van der Waals surface area contributed by atoms with E-state index in [0.29, 0.717) is 19.8 Å². The molecule has 0 aliphatic carbocycles. The van der Waals surface area contributed by atoms with Crippen molar-refractivity contribution in [1.82, 2.24) is 5.32 Å². The maximum Gasteiger partial charge on any atom is 0.230 e. The molecule has 1 aliphatic heterocycles. The van der Waals surface area contributed by atoms with Crippen molar-refractivity contribution in [3.8, 4) is 10.4 Å². The fourth-order valence-corrected chi connectivity index (χ4v) is 5.40. The standard InChI is InChI=1S/C22H23NO2S2/c24-21(22(10-13-25-14-11-22)18-4-2-1-3-5-18)23-12-8-19-6-7-20(27-19)17-9-15-26-16-17/h1-7,9,15-16H,8,10-14H2,(H,23,24). The highest BCUT2D eigenvalue weighted by atomic mass is 32.1. The predicted octanol–water partition coefficient (Wildman–Crippen LogP) is 4.88. The van der Waals surface area contributed by atoms with E-state index in [4.69, 9.17) is 4.74 Å². The Labute approximate surface area is 168 Å². The Morgan fingerprint density at radius 3 is 2.63 bits per heavy atom. The monoisotopic (exact) mass is 397 g/mol. The van der Waals surface area contributed by atoms with Gasteiger partial charge in [0.05, 0.1) is 5.41 Å². The van der Waals surface area contributed by atoms with Crippen LogP contribution >= 0.6 is 22.7 Å². The molecule has 3 nitrogen and oxygen atoms in total. The first-order valence-electron chi connectivity index (χ1n) is 9.31. The second-order valence-electron chi connectivity index (χ2n) is 6.84. The number of rotatable bonds is 6. The minimum absolute atomic E-state index is 0.131. The topological polar surface area (TPSA) is 38.3 Å². The molecule has 140 valence electrons. The summed E-state index contributed by atoms with van der Waals surface area (Å²) >= 11 is 3.53. The molecule has 1 aliphatic rings. The second kappa shape index (κ2) is 8.38. The molecule has 1 amide bonds. The first-order valence-corrected chi connectivity index (χ1v) is 11.1. The zero-order valence-electron chi connectivity index (χ0n) is 15.1. The largest absolute Gasteiger partial charge is 0.381 e. The van der Waals surface area contributed by atoms with Crippen molar-refractivity contribution in [3.63, 3.8) is 0 Å². The highest BCUT2D eigenvalue weighted by Gasteiger charge is 2.41. The van der Waals surface area contributed by atoms with Gasteiger partial charge in [-0.15, -0.1) is 11.3 Å². The molecule has 0 unspecified atom stereocenters. The van der Waals surface area contributed by atoms with Crippen molar-refractivity contribution in [2.75, 3.05) is 19.8 Å². The van der Waals surface area contributed by atoms with Gasteiger partial charge in [0.2, 0.25) is 5.91 Å². The lowest BCUT2D eigenvalue weighted by atomic mass is 9.73. The molecular formula is C22H23NO2S2. The molecule has 27 heavy (non-hydrogen) atoms. The van der Waals surface area contributed by atoms with E-state index in [1.54, 1.807) is 11.3 Å². The molecule has 1 N–H and O–H groups in total. The van der Waals surface area contributed by atoms with Crippen molar-refractivity contribution >= 4 is 28.6 Å². The lowest BCUT2D eigenvalue weighted by Gasteiger charge is -2.36. The van der Waals surface area contributed by atoms with Gasteiger partial charge in [0.15, 0.2) is 0 Å². The van der Waals surface area contributed by atoms with Crippen molar-refractivity contribution in [1.29, 1.82) is 0 Å². The van der Waals surface area contributed by atoms with Crippen LogP contribution in [0.4, 0.5) is 0 Å². The van der Waals surface area contributed by atoms with Crippen LogP contribution in [0.25, 0.3) is 10.4 Å². The van der Waals surface area contributed by atoms with Gasteiger partial charge in [-0.1, -0.05) is 30.3 Å². The molecule has 5 heteroatoms. The Kier molecular flexibility index (Phi) is 5.72. The summed E-state index contributed by atoms with van der Waals surface area (Å²) < 4.78 is 5.53. The van der Waals surface area contributed by atoms with Gasteiger partial charge in [0.1, 0.15) is 0 Å². The smallest absolute Gasteiger partial charge is 0.230 e. The maximum absolute atomic E-state index is 13.1. The molecule has 0 radical (unpaired) electrons. The van der Waals surface area contributed by atoms with Crippen LogP contribution in [-0.2, 0) is 21.4 Å². The molecule has 1 fully saturated rings. The lowest BCUT2D eigenvalue weighted by Crippen LogP contribution is -2.48. The van der Waals surface area contributed by atoms with E-state index in [0.717, 1.165) is 24.8 Å². The summed E-state index contributed by atoms with van der Waals surface area (Å²) in [5.41, 5.74) is 1.92. The highest BCUT2D eigenvalue weighted by molar-refractivity contribution is 7.16. The Morgan fingerprint density at radius 2 is 1.89 bits per heavy atom. The van der Waals surface area contributed by atoms with Gasteiger partial charge >= 0.3 is 0 Å². The number of hydrogen-bond acceptors (Lipinski definition) is 4. The maximum atomic E-state index is 13.1. The molecule has 3 heterocycles. The van der Waals surface area contributed by atoms with E-state index in [1.807, 2.05) is 29.5 Å². The predicted molar refractivity (Wildman–Crippen MR) is 113 cm³/mol. The first kappa shape index (κ1) is 18.4. The first-order chi connectivity index (χ1) is 13.3. The molecule has 1 saturated heterocycles. The second-order valence-corrected chi connectivity index (χ2v) is 8.79. The summed E-state index contributed by atoms with van der Waals surface area (Å²) in [5.74, 6) is 0.131. The van der Waals surface area contributed by atoms with Gasteiger partial charge in [-0.25, -0.2) is 0 Å². The van der Waals surface area contributed by atoms with E-state index in [2.05, 4.69) is 46.4 Å². The molecule has 1 aromatic carbocycles. The summed E-state index contributed by atoms with van der Waals surface area (Å²) in [4.78, 5) is 15.7. The Balaban J connectivity index is 1.40. The minimum Gasteiger partial charge on any atom is -0.381 e. The molecule has 0 saturated carbocycles. The number of nitrogens with one attached hydrogen (secondary N) is 1. The number of ether oxygens (including phenoxy) is 1. The average molecular weight is 398 g/mol.